The number of Topliss-reactive ketones (excluding diaryl/α,β-unsaturated/α-hetero) is 1. The Morgan fingerprint density at radius 2 is 1.75 bits per heavy atom. The van der Waals surface area contributed by atoms with Crippen LogP contribution in [-0.2, 0) is 14.3 Å². The second-order valence-electron chi connectivity index (χ2n) is 7.08. The van der Waals surface area contributed by atoms with Crippen LogP contribution in [-0.4, -0.2) is 43.3 Å². The third kappa shape index (κ3) is 5.23. The Hall–Kier alpha value is -2.60. The minimum absolute atomic E-state index is 0.112. The number of carbonyl (C=O) groups is 2. The molecule has 0 unspecified atom stereocenters. The first-order valence-electron chi connectivity index (χ1n) is 9.30. The second-order valence-corrected chi connectivity index (χ2v) is 7.08. The van der Waals surface area contributed by atoms with Crippen LogP contribution in [0.2, 0.25) is 0 Å². The highest BCUT2D eigenvalue weighted by atomic mass is 16.6. The third-order valence-electron chi connectivity index (χ3n) is 4.83. The van der Waals surface area contributed by atoms with Gasteiger partial charge in [-0.25, -0.2) is 4.79 Å². The highest BCUT2D eigenvalue weighted by Crippen LogP contribution is 2.21. The largest absolute Gasteiger partial charge is 0.482 e. The van der Waals surface area contributed by atoms with Gasteiger partial charge in [0.05, 0.1) is 12.6 Å². The maximum Gasteiger partial charge on any atom is 0.344 e. The summed E-state index contributed by atoms with van der Waals surface area (Å²) in [6.45, 7) is 9.85. The van der Waals surface area contributed by atoms with Crippen molar-refractivity contribution < 1.29 is 23.8 Å². The molecule has 1 aromatic heterocycles. The quantitative estimate of drug-likeness (QED) is 0.484. The number of ether oxygens (including phenoxy) is 3. The van der Waals surface area contributed by atoms with Crippen LogP contribution in [0, 0.1) is 27.7 Å². The fourth-order valence-corrected chi connectivity index (χ4v) is 3.26. The van der Waals surface area contributed by atoms with Gasteiger partial charge in [-0.15, -0.1) is 0 Å². The standard InChI is InChI=1S/C22H29NO5/c1-14-7-8-19(9-15(14)2)27-13-22(25)28-12-21(24)20-10-16(3)23(18(20)5)17(4)11-26-6/h7-10,17H,11-13H2,1-6H3/t17-/m1/s1. The molecule has 152 valence electrons. The highest BCUT2D eigenvalue weighted by molar-refractivity contribution is 5.99. The van der Waals surface area contributed by atoms with Crippen LogP contribution >= 0.6 is 0 Å². The van der Waals surface area contributed by atoms with E-state index in [-0.39, 0.29) is 25.0 Å². The van der Waals surface area contributed by atoms with Gasteiger partial charge in [0.2, 0.25) is 5.78 Å². The Morgan fingerprint density at radius 3 is 2.39 bits per heavy atom. The molecule has 0 N–H and O–H groups in total. The van der Waals surface area contributed by atoms with Crippen molar-refractivity contribution >= 4 is 11.8 Å². The van der Waals surface area contributed by atoms with Crippen molar-refractivity contribution in [2.24, 2.45) is 0 Å². The van der Waals surface area contributed by atoms with E-state index in [1.807, 2.05) is 52.8 Å². The number of esters is 1. The zero-order valence-corrected chi connectivity index (χ0v) is 17.5. The SMILES string of the molecule is COC[C@@H](C)n1c(C)cc(C(=O)COC(=O)COc2ccc(C)c(C)c2)c1C. The molecule has 0 fully saturated rings. The van der Waals surface area contributed by atoms with Gasteiger partial charge in [-0.05, 0) is 63.9 Å². The third-order valence-corrected chi connectivity index (χ3v) is 4.83. The number of benzene rings is 1. The molecule has 1 aromatic carbocycles. The summed E-state index contributed by atoms with van der Waals surface area (Å²) in [5.74, 6) is -0.210. The molecule has 1 heterocycles. The number of methoxy groups -OCH3 is 1. The second kappa shape index (κ2) is 9.55. The van der Waals surface area contributed by atoms with Gasteiger partial charge >= 0.3 is 5.97 Å². The summed E-state index contributed by atoms with van der Waals surface area (Å²) >= 11 is 0. The zero-order valence-electron chi connectivity index (χ0n) is 17.5. The average Bonchev–Trinajstić information content (AvgIpc) is 2.95. The Morgan fingerprint density at radius 1 is 1.04 bits per heavy atom. The van der Waals surface area contributed by atoms with Gasteiger partial charge in [0.25, 0.3) is 0 Å². The van der Waals surface area contributed by atoms with E-state index in [9.17, 15) is 9.59 Å². The number of carbonyl (C=O) groups excluding carboxylic acids is 2. The van der Waals surface area contributed by atoms with Gasteiger partial charge in [-0.2, -0.15) is 0 Å². The molecule has 0 aliphatic heterocycles. The van der Waals surface area contributed by atoms with E-state index in [0.29, 0.717) is 17.9 Å². The van der Waals surface area contributed by atoms with Crippen LogP contribution in [0.5, 0.6) is 5.75 Å². The lowest BCUT2D eigenvalue weighted by molar-refractivity contribution is -0.144. The van der Waals surface area contributed by atoms with Crippen LogP contribution in [0.15, 0.2) is 24.3 Å². The summed E-state index contributed by atoms with van der Waals surface area (Å²) in [6.07, 6.45) is 0. The molecule has 28 heavy (non-hydrogen) atoms. The first kappa shape index (κ1) is 21.7. The van der Waals surface area contributed by atoms with E-state index in [1.54, 1.807) is 13.2 Å². The van der Waals surface area contributed by atoms with Crippen LogP contribution < -0.4 is 4.74 Å². The average molecular weight is 387 g/mol. The first-order valence-corrected chi connectivity index (χ1v) is 9.30. The Balaban J connectivity index is 1.92. The van der Waals surface area contributed by atoms with Crippen molar-refractivity contribution in [1.29, 1.82) is 0 Å². The normalized spacial score (nSPS) is 11.9. The summed E-state index contributed by atoms with van der Waals surface area (Å²) in [6, 6.07) is 7.53. The van der Waals surface area contributed by atoms with Crippen molar-refractivity contribution in [2.75, 3.05) is 26.9 Å². The molecular weight excluding hydrogens is 358 g/mol. The lowest BCUT2D eigenvalue weighted by Gasteiger charge is -2.17. The lowest BCUT2D eigenvalue weighted by Crippen LogP contribution is -2.20. The minimum Gasteiger partial charge on any atom is -0.482 e. The van der Waals surface area contributed by atoms with E-state index < -0.39 is 5.97 Å². The van der Waals surface area contributed by atoms with Crippen molar-refractivity contribution in [2.45, 2.75) is 40.7 Å². The van der Waals surface area contributed by atoms with Crippen LogP contribution in [0.4, 0.5) is 0 Å². The molecule has 2 rings (SSSR count). The van der Waals surface area contributed by atoms with Gasteiger partial charge in [-0.1, -0.05) is 6.07 Å². The number of hydrogen-bond donors (Lipinski definition) is 0. The zero-order chi connectivity index (χ0) is 20.8. The molecule has 1 atom stereocenters. The van der Waals surface area contributed by atoms with E-state index >= 15 is 0 Å². The van der Waals surface area contributed by atoms with Crippen LogP contribution in [0.25, 0.3) is 0 Å². The monoisotopic (exact) mass is 387 g/mol. The minimum atomic E-state index is -0.576. The van der Waals surface area contributed by atoms with Crippen molar-refractivity contribution in [3.8, 4) is 5.75 Å². The summed E-state index contributed by atoms with van der Waals surface area (Å²) in [7, 11) is 1.65. The maximum atomic E-state index is 12.5. The summed E-state index contributed by atoms with van der Waals surface area (Å²) in [5.41, 5.74) is 4.60. The molecule has 0 aliphatic rings. The van der Waals surface area contributed by atoms with Crippen LogP contribution in [0.3, 0.4) is 0 Å². The van der Waals surface area contributed by atoms with E-state index in [1.165, 1.54) is 0 Å². The van der Waals surface area contributed by atoms with Crippen LogP contribution in [0.1, 0.15) is 45.8 Å². The Labute approximate surface area is 166 Å². The lowest BCUT2D eigenvalue weighted by atomic mass is 10.1. The van der Waals surface area contributed by atoms with Crippen molar-refractivity contribution in [3.05, 3.63) is 52.3 Å². The van der Waals surface area contributed by atoms with Gasteiger partial charge < -0.3 is 18.8 Å². The molecule has 0 spiro atoms. The number of ketones is 1. The molecule has 2 aromatic rings. The molecule has 0 saturated carbocycles. The number of nitrogens with zero attached hydrogens (tertiary/aromatic N) is 1. The summed E-state index contributed by atoms with van der Waals surface area (Å²) < 4.78 is 17.8. The van der Waals surface area contributed by atoms with Gasteiger partial charge in [0.1, 0.15) is 5.75 Å². The molecule has 0 amide bonds. The molecular formula is C22H29NO5. The molecule has 6 heteroatoms. The molecule has 0 bridgehead atoms. The topological polar surface area (TPSA) is 66.8 Å². The molecule has 0 saturated heterocycles. The van der Waals surface area contributed by atoms with Gasteiger partial charge in [0.15, 0.2) is 13.2 Å². The molecule has 0 aliphatic carbocycles. The molecule has 6 nitrogen and oxygen atoms in total. The van der Waals surface area contributed by atoms with E-state index in [2.05, 4.69) is 4.57 Å². The number of rotatable bonds is 9. The van der Waals surface area contributed by atoms with Gasteiger partial charge in [0, 0.05) is 24.1 Å². The highest BCUT2D eigenvalue weighted by Gasteiger charge is 2.20. The van der Waals surface area contributed by atoms with Crippen molar-refractivity contribution in [3.63, 3.8) is 0 Å². The summed E-state index contributed by atoms with van der Waals surface area (Å²) in [5, 5.41) is 0. The predicted molar refractivity (Wildman–Crippen MR) is 107 cm³/mol. The number of hydrogen-bond acceptors (Lipinski definition) is 5. The smallest absolute Gasteiger partial charge is 0.344 e. The number of aryl methyl sites for hydroxylation is 3. The van der Waals surface area contributed by atoms with E-state index in [0.717, 1.165) is 22.5 Å². The Kier molecular flexibility index (Phi) is 7.40. The van der Waals surface area contributed by atoms with Gasteiger partial charge in [-0.3, -0.25) is 4.79 Å². The number of aromatic nitrogens is 1. The fraction of sp³-hybridized carbons (Fsp3) is 0.455. The maximum absolute atomic E-state index is 12.5. The van der Waals surface area contributed by atoms with Crippen molar-refractivity contribution in [1.82, 2.24) is 4.57 Å². The molecule has 0 radical (unpaired) electrons. The summed E-state index contributed by atoms with van der Waals surface area (Å²) in [4.78, 5) is 24.4. The fourth-order valence-electron chi connectivity index (χ4n) is 3.26. The first-order chi connectivity index (χ1) is 13.2. The predicted octanol–water partition coefficient (Wildman–Crippen LogP) is 3.73. The Bertz CT molecular complexity index is 853. The van der Waals surface area contributed by atoms with E-state index in [4.69, 9.17) is 14.2 Å².